The molecule has 1 aromatic rings. The second kappa shape index (κ2) is 6.09. The van der Waals surface area contributed by atoms with Gasteiger partial charge in [0.15, 0.2) is 0 Å². The first-order valence-electron chi connectivity index (χ1n) is 7.25. The van der Waals surface area contributed by atoms with E-state index in [0.29, 0.717) is 6.04 Å². The Morgan fingerprint density at radius 1 is 1.37 bits per heavy atom. The molecular weight excluding hydrogens is 236 g/mol. The van der Waals surface area contributed by atoms with Crippen LogP contribution in [-0.2, 0) is 0 Å². The fraction of sp³-hybridized carbons (Fsp3) is 0.562. The molecule has 0 aromatic heterocycles. The standard InChI is InChI=1S/C16H24N2O/c1-4-7-17-15-6-5-13(10-12(15)3)16(19)18-14-8-11(2)9-14/h5-6,10-11,14,17H,4,7-9H2,1-3H3,(H,18,19). The lowest BCUT2D eigenvalue weighted by Crippen LogP contribution is -2.43. The van der Waals surface area contributed by atoms with Crippen molar-refractivity contribution in [3.05, 3.63) is 29.3 Å². The molecule has 0 spiro atoms. The maximum atomic E-state index is 12.1. The first kappa shape index (κ1) is 13.9. The number of hydrogen-bond acceptors (Lipinski definition) is 2. The molecule has 0 radical (unpaired) electrons. The van der Waals surface area contributed by atoms with Crippen LogP contribution in [-0.4, -0.2) is 18.5 Å². The fourth-order valence-electron chi connectivity index (χ4n) is 2.55. The third-order valence-corrected chi connectivity index (χ3v) is 3.76. The van der Waals surface area contributed by atoms with Crippen LogP contribution in [0.15, 0.2) is 18.2 Å². The summed E-state index contributed by atoms with van der Waals surface area (Å²) < 4.78 is 0. The minimum Gasteiger partial charge on any atom is -0.385 e. The van der Waals surface area contributed by atoms with Crippen molar-refractivity contribution < 1.29 is 4.79 Å². The number of nitrogens with one attached hydrogen (secondary N) is 2. The van der Waals surface area contributed by atoms with Crippen molar-refractivity contribution in [2.75, 3.05) is 11.9 Å². The third-order valence-electron chi connectivity index (χ3n) is 3.76. The molecule has 2 rings (SSSR count). The van der Waals surface area contributed by atoms with Crippen LogP contribution in [0, 0.1) is 12.8 Å². The van der Waals surface area contributed by atoms with Crippen molar-refractivity contribution in [3.63, 3.8) is 0 Å². The number of benzene rings is 1. The van der Waals surface area contributed by atoms with Gasteiger partial charge in [0.2, 0.25) is 0 Å². The first-order valence-corrected chi connectivity index (χ1v) is 7.25. The summed E-state index contributed by atoms with van der Waals surface area (Å²) in [6.07, 6.45) is 3.32. The summed E-state index contributed by atoms with van der Waals surface area (Å²) in [5.41, 5.74) is 3.01. The molecular formula is C16H24N2O. The van der Waals surface area contributed by atoms with E-state index in [1.807, 2.05) is 25.1 Å². The van der Waals surface area contributed by atoms with Gasteiger partial charge < -0.3 is 10.6 Å². The van der Waals surface area contributed by atoms with Crippen LogP contribution in [0.1, 0.15) is 49.0 Å². The van der Waals surface area contributed by atoms with Gasteiger partial charge in [0, 0.05) is 23.8 Å². The van der Waals surface area contributed by atoms with Gasteiger partial charge in [-0.2, -0.15) is 0 Å². The number of hydrogen-bond donors (Lipinski definition) is 2. The van der Waals surface area contributed by atoms with E-state index in [2.05, 4.69) is 24.5 Å². The van der Waals surface area contributed by atoms with Crippen LogP contribution < -0.4 is 10.6 Å². The van der Waals surface area contributed by atoms with E-state index in [1.54, 1.807) is 0 Å². The van der Waals surface area contributed by atoms with E-state index >= 15 is 0 Å². The summed E-state index contributed by atoms with van der Waals surface area (Å²) in [5, 5.41) is 6.46. The van der Waals surface area contributed by atoms with Gasteiger partial charge in [0.05, 0.1) is 0 Å². The molecule has 3 nitrogen and oxygen atoms in total. The predicted molar refractivity (Wildman–Crippen MR) is 79.6 cm³/mol. The zero-order valence-corrected chi connectivity index (χ0v) is 12.1. The van der Waals surface area contributed by atoms with Gasteiger partial charge in [-0.05, 0) is 55.9 Å². The van der Waals surface area contributed by atoms with Crippen LogP contribution in [0.5, 0.6) is 0 Å². The van der Waals surface area contributed by atoms with Gasteiger partial charge in [-0.15, -0.1) is 0 Å². The molecule has 2 N–H and O–H groups in total. The molecule has 1 aliphatic carbocycles. The molecule has 0 atom stereocenters. The van der Waals surface area contributed by atoms with Crippen molar-refractivity contribution in [1.29, 1.82) is 0 Å². The van der Waals surface area contributed by atoms with E-state index in [4.69, 9.17) is 0 Å². The average molecular weight is 260 g/mol. The maximum Gasteiger partial charge on any atom is 0.251 e. The summed E-state index contributed by atoms with van der Waals surface area (Å²) in [7, 11) is 0. The molecule has 0 aliphatic heterocycles. The highest BCUT2D eigenvalue weighted by atomic mass is 16.1. The molecule has 1 aliphatic rings. The Labute approximate surface area is 115 Å². The number of carbonyl (C=O) groups excluding carboxylic acids is 1. The van der Waals surface area contributed by atoms with Crippen molar-refractivity contribution in [2.24, 2.45) is 5.92 Å². The molecule has 1 saturated carbocycles. The third kappa shape index (κ3) is 3.49. The normalized spacial score (nSPS) is 21.6. The van der Waals surface area contributed by atoms with Crippen LogP contribution in [0.3, 0.4) is 0 Å². The van der Waals surface area contributed by atoms with Crippen LogP contribution in [0.4, 0.5) is 5.69 Å². The molecule has 1 amide bonds. The topological polar surface area (TPSA) is 41.1 Å². The molecule has 1 fully saturated rings. The summed E-state index contributed by atoms with van der Waals surface area (Å²) in [5.74, 6) is 0.815. The van der Waals surface area contributed by atoms with E-state index in [1.165, 1.54) is 0 Å². The van der Waals surface area contributed by atoms with Crippen molar-refractivity contribution >= 4 is 11.6 Å². The Balaban J connectivity index is 1.96. The Hall–Kier alpha value is -1.51. The Morgan fingerprint density at radius 2 is 2.11 bits per heavy atom. The second-order valence-electron chi connectivity index (χ2n) is 5.70. The SMILES string of the molecule is CCCNc1ccc(C(=O)NC2CC(C)C2)cc1C. The number of anilines is 1. The van der Waals surface area contributed by atoms with E-state index < -0.39 is 0 Å². The summed E-state index contributed by atoms with van der Waals surface area (Å²) in [6.45, 7) is 7.37. The molecule has 0 bridgehead atoms. The lowest BCUT2D eigenvalue weighted by atomic mass is 9.82. The molecule has 19 heavy (non-hydrogen) atoms. The van der Waals surface area contributed by atoms with Gasteiger partial charge in [-0.25, -0.2) is 0 Å². The smallest absolute Gasteiger partial charge is 0.251 e. The quantitative estimate of drug-likeness (QED) is 0.852. The second-order valence-corrected chi connectivity index (χ2v) is 5.70. The predicted octanol–water partition coefficient (Wildman–Crippen LogP) is 3.35. The van der Waals surface area contributed by atoms with Crippen LogP contribution in [0.2, 0.25) is 0 Å². The van der Waals surface area contributed by atoms with Gasteiger partial charge in [-0.3, -0.25) is 4.79 Å². The molecule has 104 valence electrons. The van der Waals surface area contributed by atoms with Crippen LogP contribution >= 0.6 is 0 Å². The zero-order valence-electron chi connectivity index (χ0n) is 12.1. The van der Waals surface area contributed by atoms with Gasteiger partial charge in [0.25, 0.3) is 5.91 Å². The number of carbonyl (C=O) groups is 1. The lowest BCUT2D eigenvalue weighted by molar-refractivity contribution is 0.0896. The fourth-order valence-corrected chi connectivity index (χ4v) is 2.55. The van der Waals surface area contributed by atoms with Crippen LogP contribution in [0.25, 0.3) is 0 Å². The number of aryl methyl sites for hydroxylation is 1. The Kier molecular flexibility index (Phi) is 4.46. The number of rotatable bonds is 5. The molecule has 0 saturated heterocycles. The summed E-state index contributed by atoms with van der Waals surface area (Å²) in [4.78, 5) is 12.1. The average Bonchev–Trinajstić information content (AvgIpc) is 2.35. The van der Waals surface area contributed by atoms with Crippen molar-refractivity contribution in [3.8, 4) is 0 Å². The molecule has 0 unspecified atom stereocenters. The first-order chi connectivity index (χ1) is 9.10. The number of amides is 1. The minimum absolute atomic E-state index is 0.0574. The van der Waals surface area contributed by atoms with Gasteiger partial charge in [-0.1, -0.05) is 13.8 Å². The van der Waals surface area contributed by atoms with Crippen molar-refractivity contribution in [1.82, 2.24) is 5.32 Å². The highest BCUT2D eigenvalue weighted by Crippen LogP contribution is 2.26. The van der Waals surface area contributed by atoms with E-state index in [-0.39, 0.29) is 5.91 Å². The van der Waals surface area contributed by atoms with Gasteiger partial charge in [0.1, 0.15) is 0 Å². The molecule has 1 aromatic carbocycles. The maximum absolute atomic E-state index is 12.1. The zero-order chi connectivity index (χ0) is 13.8. The Morgan fingerprint density at radius 3 is 2.68 bits per heavy atom. The highest BCUT2D eigenvalue weighted by molar-refractivity contribution is 5.95. The van der Waals surface area contributed by atoms with Gasteiger partial charge >= 0.3 is 0 Å². The van der Waals surface area contributed by atoms with E-state index in [0.717, 1.165) is 48.5 Å². The van der Waals surface area contributed by atoms with Crippen molar-refractivity contribution in [2.45, 2.75) is 46.1 Å². The minimum atomic E-state index is 0.0574. The highest BCUT2D eigenvalue weighted by Gasteiger charge is 2.26. The summed E-state index contributed by atoms with van der Waals surface area (Å²) in [6, 6.07) is 6.25. The summed E-state index contributed by atoms with van der Waals surface area (Å²) >= 11 is 0. The largest absolute Gasteiger partial charge is 0.385 e. The van der Waals surface area contributed by atoms with E-state index in [9.17, 15) is 4.79 Å². The lowest BCUT2D eigenvalue weighted by Gasteiger charge is -2.33. The molecule has 0 heterocycles. The molecule has 3 heteroatoms. The Bertz CT molecular complexity index is 450. The monoisotopic (exact) mass is 260 g/mol.